The van der Waals surface area contributed by atoms with Crippen molar-refractivity contribution in [3.05, 3.63) is 40.0 Å². The standard InChI is InChI=1S/C17H23N3O6/c1-17(2,3)26-16(22)19-10-9-18-13-7-5-12(6-8-15(21)25-4)11-14(13)20(23)24/h5-8,11,18H,9-10H2,1-4H3,(H,19,22)/b8-6+. The van der Waals surface area contributed by atoms with Crippen LogP contribution in [0.1, 0.15) is 26.3 Å². The van der Waals surface area contributed by atoms with Crippen LogP contribution in [0.4, 0.5) is 16.2 Å². The van der Waals surface area contributed by atoms with Gasteiger partial charge in [0.15, 0.2) is 0 Å². The number of hydrogen-bond donors (Lipinski definition) is 2. The predicted octanol–water partition coefficient (Wildman–Crippen LogP) is 2.72. The van der Waals surface area contributed by atoms with Crippen molar-refractivity contribution in [1.82, 2.24) is 5.32 Å². The molecule has 0 fully saturated rings. The Kier molecular flexibility index (Phi) is 7.57. The molecular weight excluding hydrogens is 342 g/mol. The summed E-state index contributed by atoms with van der Waals surface area (Å²) in [5, 5.41) is 16.7. The van der Waals surface area contributed by atoms with Crippen molar-refractivity contribution in [3.63, 3.8) is 0 Å². The van der Waals surface area contributed by atoms with Gasteiger partial charge in [-0.3, -0.25) is 10.1 Å². The Morgan fingerprint density at radius 1 is 1.27 bits per heavy atom. The van der Waals surface area contributed by atoms with Gasteiger partial charge in [-0.1, -0.05) is 6.07 Å². The Morgan fingerprint density at radius 2 is 1.96 bits per heavy atom. The first kappa shape index (κ1) is 20.9. The van der Waals surface area contributed by atoms with Crippen molar-refractivity contribution in [3.8, 4) is 0 Å². The topological polar surface area (TPSA) is 120 Å². The number of rotatable bonds is 7. The molecule has 0 radical (unpaired) electrons. The summed E-state index contributed by atoms with van der Waals surface area (Å²) in [6.07, 6.45) is 2.04. The van der Waals surface area contributed by atoms with Crippen LogP contribution in [0.3, 0.4) is 0 Å². The molecule has 1 amide bonds. The number of esters is 1. The number of nitro benzene ring substituents is 1. The fourth-order valence-corrected chi connectivity index (χ4v) is 1.86. The van der Waals surface area contributed by atoms with E-state index in [1.165, 1.54) is 31.4 Å². The number of nitrogens with one attached hydrogen (secondary N) is 2. The fraction of sp³-hybridized carbons (Fsp3) is 0.412. The zero-order valence-electron chi connectivity index (χ0n) is 15.2. The monoisotopic (exact) mass is 365 g/mol. The highest BCUT2D eigenvalue weighted by atomic mass is 16.6. The zero-order chi connectivity index (χ0) is 19.7. The van der Waals surface area contributed by atoms with Gasteiger partial charge in [-0.15, -0.1) is 0 Å². The molecule has 1 rings (SSSR count). The van der Waals surface area contributed by atoms with E-state index in [4.69, 9.17) is 4.74 Å². The lowest BCUT2D eigenvalue weighted by Crippen LogP contribution is -2.35. The summed E-state index contributed by atoms with van der Waals surface area (Å²) >= 11 is 0. The molecule has 1 aromatic carbocycles. The van der Waals surface area contributed by atoms with Gasteiger partial charge in [-0.2, -0.15) is 0 Å². The molecule has 0 aromatic heterocycles. The number of ether oxygens (including phenoxy) is 2. The van der Waals surface area contributed by atoms with Gasteiger partial charge in [0.05, 0.1) is 12.0 Å². The number of hydrogen-bond acceptors (Lipinski definition) is 7. The van der Waals surface area contributed by atoms with Crippen molar-refractivity contribution in [1.29, 1.82) is 0 Å². The van der Waals surface area contributed by atoms with Crippen LogP contribution in [0, 0.1) is 10.1 Å². The second-order valence-corrected chi connectivity index (χ2v) is 6.25. The zero-order valence-corrected chi connectivity index (χ0v) is 15.2. The largest absolute Gasteiger partial charge is 0.466 e. The summed E-state index contributed by atoms with van der Waals surface area (Å²) in [5.74, 6) is -0.553. The van der Waals surface area contributed by atoms with E-state index in [1.807, 2.05) is 0 Å². The van der Waals surface area contributed by atoms with Crippen molar-refractivity contribution in [2.45, 2.75) is 26.4 Å². The van der Waals surface area contributed by atoms with E-state index in [9.17, 15) is 19.7 Å². The molecule has 26 heavy (non-hydrogen) atoms. The van der Waals surface area contributed by atoms with Gasteiger partial charge in [0, 0.05) is 25.2 Å². The summed E-state index contributed by atoms with van der Waals surface area (Å²) < 4.78 is 9.56. The molecule has 2 N–H and O–H groups in total. The number of methoxy groups -OCH3 is 1. The van der Waals surface area contributed by atoms with E-state index in [0.717, 1.165) is 0 Å². The molecule has 0 saturated heterocycles. The molecule has 0 unspecified atom stereocenters. The number of carbonyl (C=O) groups excluding carboxylic acids is 2. The summed E-state index contributed by atoms with van der Waals surface area (Å²) in [5.41, 5.74) is 0.0501. The maximum absolute atomic E-state index is 11.5. The molecule has 9 heteroatoms. The minimum atomic E-state index is -0.593. The third kappa shape index (κ3) is 7.65. The van der Waals surface area contributed by atoms with E-state index in [0.29, 0.717) is 11.3 Å². The number of nitrogens with zero attached hydrogens (tertiary/aromatic N) is 1. The first-order valence-electron chi connectivity index (χ1n) is 7.87. The highest BCUT2D eigenvalue weighted by molar-refractivity contribution is 5.87. The first-order chi connectivity index (χ1) is 12.1. The Balaban J connectivity index is 2.66. The van der Waals surface area contributed by atoms with Crippen molar-refractivity contribution in [2.24, 2.45) is 0 Å². The van der Waals surface area contributed by atoms with E-state index in [1.54, 1.807) is 26.8 Å². The van der Waals surface area contributed by atoms with Gasteiger partial charge in [0.25, 0.3) is 5.69 Å². The van der Waals surface area contributed by atoms with Crippen LogP contribution < -0.4 is 10.6 Å². The van der Waals surface area contributed by atoms with Crippen LogP contribution in [-0.4, -0.2) is 42.8 Å². The molecule has 0 atom stereocenters. The lowest BCUT2D eigenvalue weighted by Gasteiger charge is -2.19. The second kappa shape index (κ2) is 9.40. The van der Waals surface area contributed by atoms with E-state index in [-0.39, 0.29) is 18.8 Å². The maximum atomic E-state index is 11.5. The molecule has 142 valence electrons. The Morgan fingerprint density at radius 3 is 2.54 bits per heavy atom. The van der Waals surface area contributed by atoms with Gasteiger partial charge in [-0.25, -0.2) is 9.59 Å². The normalized spacial score (nSPS) is 11.1. The molecular formula is C17H23N3O6. The highest BCUT2D eigenvalue weighted by Crippen LogP contribution is 2.26. The van der Waals surface area contributed by atoms with Crippen LogP contribution in [0.15, 0.2) is 24.3 Å². The Bertz CT molecular complexity index is 694. The average molecular weight is 365 g/mol. The quantitative estimate of drug-likeness (QED) is 0.251. The Labute approximate surface area is 151 Å². The predicted molar refractivity (Wildman–Crippen MR) is 96.9 cm³/mol. The number of carbonyl (C=O) groups is 2. The Hall–Kier alpha value is -3.10. The van der Waals surface area contributed by atoms with Crippen molar-refractivity contribution in [2.75, 3.05) is 25.5 Å². The molecule has 0 aliphatic rings. The van der Waals surface area contributed by atoms with Gasteiger partial charge >= 0.3 is 12.1 Å². The molecule has 1 aromatic rings. The lowest BCUT2D eigenvalue weighted by molar-refractivity contribution is -0.384. The lowest BCUT2D eigenvalue weighted by atomic mass is 10.1. The third-order valence-corrected chi connectivity index (χ3v) is 2.94. The van der Waals surface area contributed by atoms with E-state index >= 15 is 0 Å². The average Bonchev–Trinajstić information content (AvgIpc) is 2.55. The van der Waals surface area contributed by atoms with Gasteiger partial charge < -0.3 is 20.1 Å². The molecule has 9 nitrogen and oxygen atoms in total. The number of benzene rings is 1. The molecule has 0 spiro atoms. The van der Waals surface area contributed by atoms with Gasteiger partial charge in [0.2, 0.25) is 0 Å². The first-order valence-corrected chi connectivity index (χ1v) is 7.87. The molecule has 0 aliphatic heterocycles. The highest BCUT2D eigenvalue weighted by Gasteiger charge is 2.16. The summed E-state index contributed by atoms with van der Waals surface area (Å²) in [6.45, 7) is 5.77. The summed E-state index contributed by atoms with van der Waals surface area (Å²) in [7, 11) is 1.24. The minimum absolute atomic E-state index is 0.144. The van der Waals surface area contributed by atoms with Crippen molar-refractivity contribution < 1.29 is 24.0 Å². The smallest absolute Gasteiger partial charge is 0.407 e. The van der Waals surface area contributed by atoms with Crippen molar-refractivity contribution >= 4 is 29.5 Å². The second-order valence-electron chi connectivity index (χ2n) is 6.25. The maximum Gasteiger partial charge on any atom is 0.407 e. The number of alkyl carbamates (subject to hydrolysis) is 1. The third-order valence-electron chi connectivity index (χ3n) is 2.94. The van der Waals surface area contributed by atoms with Crippen LogP contribution in [0.5, 0.6) is 0 Å². The van der Waals surface area contributed by atoms with Gasteiger partial charge in [0.1, 0.15) is 11.3 Å². The SMILES string of the molecule is COC(=O)/C=C/c1ccc(NCCNC(=O)OC(C)(C)C)c([N+](=O)[O-])c1. The molecule has 0 aliphatic carbocycles. The fourth-order valence-electron chi connectivity index (χ4n) is 1.86. The van der Waals surface area contributed by atoms with Crippen LogP contribution >= 0.6 is 0 Å². The van der Waals surface area contributed by atoms with Gasteiger partial charge in [-0.05, 0) is 38.5 Å². The summed E-state index contributed by atoms with van der Waals surface area (Å²) in [6, 6.07) is 4.49. The molecule has 0 saturated carbocycles. The minimum Gasteiger partial charge on any atom is -0.466 e. The van der Waals surface area contributed by atoms with E-state index in [2.05, 4.69) is 15.4 Å². The molecule has 0 heterocycles. The number of amides is 1. The van der Waals surface area contributed by atoms with Crippen LogP contribution in [0.2, 0.25) is 0 Å². The van der Waals surface area contributed by atoms with Crippen LogP contribution in [0.25, 0.3) is 6.08 Å². The number of anilines is 1. The molecule has 0 bridgehead atoms. The van der Waals surface area contributed by atoms with E-state index < -0.39 is 22.6 Å². The summed E-state index contributed by atoms with van der Waals surface area (Å²) in [4.78, 5) is 33.3. The van der Waals surface area contributed by atoms with Crippen LogP contribution in [-0.2, 0) is 14.3 Å². The number of nitro groups is 1.